The van der Waals surface area contributed by atoms with Crippen LogP contribution in [0, 0.1) is 5.92 Å². The van der Waals surface area contributed by atoms with Crippen LogP contribution in [0.15, 0.2) is 0 Å². The van der Waals surface area contributed by atoms with Crippen molar-refractivity contribution in [2.24, 2.45) is 5.92 Å². The van der Waals surface area contributed by atoms with E-state index in [9.17, 15) is 39.6 Å². The Kier molecular flexibility index (Phi) is 6.18. The molecule has 0 amide bonds. The summed E-state index contributed by atoms with van der Waals surface area (Å²) in [6.45, 7) is 0. The summed E-state index contributed by atoms with van der Waals surface area (Å²) in [4.78, 5) is 11.6. The molecular weight excluding hydrogens is 370 g/mol. The molecule has 0 aromatic heterocycles. The van der Waals surface area contributed by atoms with Crippen LogP contribution in [0.3, 0.4) is 0 Å². The normalized spacial score (nSPS) is 18.5. The van der Waals surface area contributed by atoms with E-state index in [-0.39, 0.29) is 0 Å². The Morgan fingerprint density at radius 3 is 1.83 bits per heavy atom. The van der Waals surface area contributed by atoms with E-state index in [0.29, 0.717) is 25.7 Å². The van der Waals surface area contributed by atoms with Crippen LogP contribution in [0.25, 0.3) is 0 Å². The van der Waals surface area contributed by atoms with Gasteiger partial charge in [0, 0.05) is 6.42 Å². The third kappa shape index (κ3) is 5.23. The topological polar surface area (TPSA) is 80.7 Å². The molecule has 0 radical (unpaired) electrons. The highest BCUT2D eigenvalue weighted by Gasteiger charge is 2.75. The molecule has 142 valence electrons. The van der Waals surface area contributed by atoms with E-state index in [1.54, 1.807) is 0 Å². The van der Waals surface area contributed by atoms with Crippen LogP contribution in [0.5, 0.6) is 0 Å². The van der Waals surface area contributed by atoms with Crippen molar-refractivity contribution < 1.29 is 48.8 Å². The van der Waals surface area contributed by atoms with Gasteiger partial charge in [-0.1, -0.05) is 19.3 Å². The van der Waals surface area contributed by atoms with Gasteiger partial charge in [0.2, 0.25) is 0 Å². The number of hydrogen-bond acceptors (Lipinski definition) is 4. The Labute approximate surface area is 134 Å². The molecule has 1 saturated carbocycles. The minimum atomic E-state index is -6.27. The van der Waals surface area contributed by atoms with E-state index in [2.05, 4.69) is 4.74 Å². The van der Waals surface area contributed by atoms with Gasteiger partial charge < -0.3 is 4.74 Å². The molecule has 0 spiro atoms. The smallest absolute Gasteiger partial charge is 0.438 e. The maximum Gasteiger partial charge on any atom is 0.438 e. The van der Waals surface area contributed by atoms with Crippen LogP contribution in [0.4, 0.5) is 26.3 Å². The van der Waals surface area contributed by atoms with Crippen molar-refractivity contribution in [3.05, 3.63) is 0 Å². The molecule has 1 fully saturated rings. The molecule has 0 unspecified atom stereocenters. The van der Waals surface area contributed by atoms with Crippen LogP contribution in [-0.2, 0) is 19.6 Å². The lowest BCUT2D eigenvalue weighted by Gasteiger charge is -2.36. The standard InChI is InChI=1S/C12H16F6O5S/c13-11(14,15)10(12(16,17)18,7-24(20,21)22)23-9(19)6-8-4-2-1-3-5-8/h8H,1-7H2,(H,20,21,22). The molecule has 0 aromatic rings. The fourth-order valence-electron chi connectivity index (χ4n) is 2.59. The minimum absolute atomic E-state index is 0.420. The summed E-state index contributed by atoms with van der Waals surface area (Å²) in [7, 11) is -5.74. The Bertz CT molecular complexity index is 533. The highest BCUT2D eigenvalue weighted by atomic mass is 32.2. The first-order valence-corrected chi connectivity index (χ1v) is 8.59. The van der Waals surface area contributed by atoms with Gasteiger partial charge in [0.05, 0.1) is 0 Å². The minimum Gasteiger partial charge on any atom is -0.438 e. The predicted molar refractivity (Wildman–Crippen MR) is 68.5 cm³/mol. The SMILES string of the molecule is O=C(CC1CCCCC1)OC(CS(=O)(=O)O)(C(F)(F)F)C(F)(F)F. The average Bonchev–Trinajstić information content (AvgIpc) is 2.34. The highest BCUT2D eigenvalue weighted by Crippen LogP contribution is 2.47. The first kappa shape index (κ1) is 21.0. The molecule has 24 heavy (non-hydrogen) atoms. The molecule has 0 aromatic carbocycles. The molecule has 1 aliphatic rings. The fraction of sp³-hybridized carbons (Fsp3) is 0.917. The molecule has 0 aliphatic heterocycles. The highest BCUT2D eigenvalue weighted by molar-refractivity contribution is 7.85. The predicted octanol–water partition coefficient (Wildman–Crippen LogP) is 3.25. The zero-order valence-corrected chi connectivity index (χ0v) is 13.1. The molecule has 12 heteroatoms. The number of esters is 1. The van der Waals surface area contributed by atoms with E-state index >= 15 is 0 Å². The lowest BCUT2D eigenvalue weighted by Crippen LogP contribution is -2.63. The van der Waals surface area contributed by atoms with Gasteiger partial charge in [-0.3, -0.25) is 9.35 Å². The molecule has 1 N–H and O–H groups in total. The quantitative estimate of drug-likeness (QED) is 0.446. The summed E-state index contributed by atoms with van der Waals surface area (Å²) in [5, 5.41) is 0. The fourth-order valence-corrected chi connectivity index (χ4v) is 3.49. The number of ether oxygens (including phenoxy) is 1. The van der Waals surface area contributed by atoms with Crippen molar-refractivity contribution in [2.45, 2.75) is 56.5 Å². The Hall–Kier alpha value is -1.04. The van der Waals surface area contributed by atoms with Crippen LogP contribution in [-0.4, -0.2) is 42.6 Å². The van der Waals surface area contributed by atoms with Crippen molar-refractivity contribution in [2.75, 3.05) is 5.75 Å². The second-order valence-electron chi connectivity index (χ2n) is 5.73. The van der Waals surface area contributed by atoms with Gasteiger partial charge in [0.25, 0.3) is 10.1 Å². The molecule has 1 aliphatic carbocycles. The van der Waals surface area contributed by atoms with Crippen LogP contribution in [0.2, 0.25) is 0 Å². The number of carbonyl (C=O) groups is 1. The zero-order chi connectivity index (χ0) is 18.8. The average molecular weight is 386 g/mol. The summed E-state index contributed by atoms with van der Waals surface area (Å²) in [6.07, 6.45) is -10.1. The molecule has 0 atom stereocenters. The molecular formula is C12H16F6O5S. The lowest BCUT2D eigenvalue weighted by atomic mass is 9.87. The van der Waals surface area contributed by atoms with Crippen molar-refractivity contribution in [3.63, 3.8) is 0 Å². The Balaban J connectivity index is 3.09. The number of carbonyl (C=O) groups excluding carboxylic acids is 1. The maximum atomic E-state index is 13.0. The number of alkyl halides is 6. The molecule has 5 nitrogen and oxygen atoms in total. The second-order valence-corrected chi connectivity index (χ2v) is 7.18. The summed E-state index contributed by atoms with van der Waals surface area (Å²) in [5.41, 5.74) is -5.31. The third-order valence-electron chi connectivity index (χ3n) is 3.77. The van der Waals surface area contributed by atoms with Gasteiger partial charge >= 0.3 is 23.9 Å². The van der Waals surface area contributed by atoms with Crippen LogP contribution < -0.4 is 0 Å². The zero-order valence-electron chi connectivity index (χ0n) is 12.3. The maximum absolute atomic E-state index is 13.0. The largest absolute Gasteiger partial charge is 0.438 e. The first-order chi connectivity index (χ1) is 10.7. The first-order valence-electron chi connectivity index (χ1n) is 6.98. The van der Waals surface area contributed by atoms with E-state index in [1.165, 1.54) is 0 Å². The van der Waals surface area contributed by atoms with E-state index in [1.807, 2.05) is 0 Å². The number of hydrogen-bond donors (Lipinski definition) is 1. The van der Waals surface area contributed by atoms with Gasteiger partial charge in [-0.2, -0.15) is 34.8 Å². The van der Waals surface area contributed by atoms with Gasteiger partial charge in [0.1, 0.15) is 5.75 Å². The van der Waals surface area contributed by atoms with Gasteiger partial charge in [-0.25, -0.2) is 0 Å². The summed E-state index contributed by atoms with van der Waals surface area (Å²) < 4.78 is 111. The van der Waals surface area contributed by atoms with Gasteiger partial charge in [-0.05, 0) is 18.8 Å². The van der Waals surface area contributed by atoms with Crippen molar-refractivity contribution in [1.82, 2.24) is 0 Å². The monoisotopic (exact) mass is 386 g/mol. The van der Waals surface area contributed by atoms with Crippen LogP contribution >= 0.6 is 0 Å². The van der Waals surface area contributed by atoms with E-state index < -0.39 is 52.1 Å². The third-order valence-corrected chi connectivity index (χ3v) is 4.54. The molecule has 0 saturated heterocycles. The van der Waals surface area contributed by atoms with Crippen LogP contribution in [0.1, 0.15) is 38.5 Å². The summed E-state index contributed by atoms with van der Waals surface area (Å²) >= 11 is 0. The van der Waals surface area contributed by atoms with Gasteiger partial charge in [0.15, 0.2) is 0 Å². The van der Waals surface area contributed by atoms with Crippen molar-refractivity contribution >= 4 is 16.1 Å². The number of halogens is 6. The van der Waals surface area contributed by atoms with Crippen molar-refractivity contribution in [3.8, 4) is 0 Å². The van der Waals surface area contributed by atoms with E-state index in [0.717, 1.165) is 6.42 Å². The summed E-state index contributed by atoms with van der Waals surface area (Å²) in [6, 6.07) is 0. The molecule has 0 heterocycles. The van der Waals surface area contributed by atoms with Gasteiger partial charge in [-0.15, -0.1) is 0 Å². The molecule has 1 rings (SSSR count). The van der Waals surface area contributed by atoms with E-state index in [4.69, 9.17) is 4.55 Å². The van der Waals surface area contributed by atoms with Crippen molar-refractivity contribution in [1.29, 1.82) is 0 Å². The Morgan fingerprint density at radius 1 is 1.00 bits per heavy atom. The second kappa shape index (κ2) is 7.06. The summed E-state index contributed by atoms with van der Waals surface area (Å²) in [5.74, 6) is -5.07. The lowest BCUT2D eigenvalue weighted by molar-refractivity contribution is -0.361. The number of rotatable bonds is 5. The Morgan fingerprint density at radius 2 is 1.46 bits per heavy atom. The molecule has 0 bridgehead atoms.